The molecule has 0 N–H and O–H groups in total. The Bertz CT molecular complexity index is 800. The molecule has 2 aromatic carbocycles. The van der Waals surface area contributed by atoms with Crippen LogP contribution in [0.3, 0.4) is 0 Å². The third kappa shape index (κ3) is 4.57. The van der Waals surface area contributed by atoms with E-state index in [1.165, 1.54) is 6.33 Å². The van der Waals surface area contributed by atoms with Crippen LogP contribution in [0, 0.1) is 0 Å². The van der Waals surface area contributed by atoms with Gasteiger partial charge in [-0.2, -0.15) is 5.10 Å². The quantitative estimate of drug-likeness (QED) is 0.488. The highest BCUT2D eigenvalue weighted by molar-refractivity contribution is 6.30. The first-order chi connectivity index (χ1) is 11.7. The first-order valence-electron chi connectivity index (χ1n) is 7.22. The van der Waals surface area contributed by atoms with Crippen LogP contribution in [0.15, 0.2) is 66.3 Å². The van der Waals surface area contributed by atoms with Gasteiger partial charge in [0, 0.05) is 15.6 Å². The maximum atomic E-state index is 5.95. The Balaban J connectivity index is 1.75. The molecule has 0 bridgehead atoms. The lowest BCUT2D eigenvalue weighted by Gasteiger charge is -2.08. The molecule has 122 valence electrons. The number of hydrogen-bond acceptors (Lipinski definition) is 4. The second-order valence-electron chi connectivity index (χ2n) is 5.04. The van der Waals surface area contributed by atoms with Crippen LogP contribution in [-0.4, -0.2) is 20.5 Å². The first-order valence-corrected chi connectivity index (χ1v) is 7.98. The summed E-state index contributed by atoms with van der Waals surface area (Å²) < 4.78 is 1.68. The minimum absolute atomic E-state index is 0.353. The average Bonchev–Trinajstić information content (AvgIpc) is 3.10. The molecule has 0 amide bonds. The summed E-state index contributed by atoms with van der Waals surface area (Å²) >= 11 is 11.8. The minimum atomic E-state index is 0.353. The molecule has 1 heterocycles. The van der Waals surface area contributed by atoms with Crippen LogP contribution >= 0.6 is 23.2 Å². The Labute approximate surface area is 149 Å². The van der Waals surface area contributed by atoms with Gasteiger partial charge in [0.05, 0.1) is 6.54 Å². The third-order valence-electron chi connectivity index (χ3n) is 3.28. The van der Waals surface area contributed by atoms with Crippen LogP contribution in [0.25, 0.3) is 0 Å². The van der Waals surface area contributed by atoms with Gasteiger partial charge in [-0.1, -0.05) is 52.6 Å². The van der Waals surface area contributed by atoms with E-state index in [0.29, 0.717) is 23.2 Å². The van der Waals surface area contributed by atoms with Crippen LogP contribution in [0.4, 0.5) is 0 Å². The summed E-state index contributed by atoms with van der Waals surface area (Å²) in [4.78, 5) is 9.45. The summed E-state index contributed by atoms with van der Waals surface area (Å²) in [5.74, 6) is 0. The fraction of sp³-hybridized carbons (Fsp3) is 0.118. The molecule has 1 aromatic heterocycles. The highest BCUT2D eigenvalue weighted by Crippen LogP contribution is 2.13. The van der Waals surface area contributed by atoms with Crippen molar-refractivity contribution in [2.75, 3.05) is 0 Å². The van der Waals surface area contributed by atoms with E-state index in [1.54, 1.807) is 11.0 Å². The van der Waals surface area contributed by atoms with E-state index in [2.05, 4.69) is 15.2 Å². The highest BCUT2D eigenvalue weighted by Gasteiger charge is 2.07. The topological polar surface area (TPSA) is 52.3 Å². The van der Waals surface area contributed by atoms with Gasteiger partial charge in [0.25, 0.3) is 0 Å². The first kappa shape index (κ1) is 16.5. The molecule has 0 saturated carbocycles. The Morgan fingerprint density at radius 3 is 2.29 bits per heavy atom. The van der Waals surface area contributed by atoms with Crippen molar-refractivity contribution in [1.29, 1.82) is 0 Å². The van der Waals surface area contributed by atoms with E-state index in [4.69, 9.17) is 28.0 Å². The molecule has 0 aliphatic rings. The maximum absolute atomic E-state index is 5.95. The zero-order valence-corrected chi connectivity index (χ0v) is 14.2. The predicted octanol–water partition coefficient (Wildman–Crippen LogP) is 4.21. The number of nitrogens with zero attached hydrogens (tertiary/aromatic N) is 4. The predicted molar refractivity (Wildman–Crippen MR) is 94.3 cm³/mol. The summed E-state index contributed by atoms with van der Waals surface area (Å²) in [6.07, 6.45) is 3.11. The van der Waals surface area contributed by atoms with Crippen molar-refractivity contribution in [2.45, 2.75) is 13.2 Å². The van der Waals surface area contributed by atoms with E-state index >= 15 is 0 Å². The van der Waals surface area contributed by atoms with Crippen molar-refractivity contribution < 1.29 is 4.84 Å². The molecular formula is C17H14Cl2N4O. The Hall–Kier alpha value is -2.37. The summed E-state index contributed by atoms with van der Waals surface area (Å²) in [5, 5.41) is 9.73. The largest absolute Gasteiger partial charge is 0.391 e. The van der Waals surface area contributed by atoms with Gasteiger partial charge < -0.3 is 4.84 Å². The van der Waals surface area contributed by atoms with E-state index in [-0.39, 0.29) is 0 Å². The van der Waals surface area contributed by atoms with Crippen molar-refractivity contribution in [3.8, 4) is 0 Å². The lowest BCUT2D eigenvalue weighted by Crippen LogP contribution is -2.13. The molecule has 0 saturated heterocycles. The van der Waals surface area contributed by atoms with Crippen molar-refractivity contribution in [1.82, 2.24) is 14.8 Å². The molecular weight excluding hydrogens is 347 g/mol. The molecule has 0 spiro atoms. The minimum Gasteiger partial charge on any atom is -0.391 e. The van der Waals surface area contributed by atoms with Crippen LogP contribution in [0.5, 0.6) is 0 Å². The van der Waals surface area contributed by atoms with Crippen molar-refractivity contribution in [2.24, 2.45) is 5.16 Å². The molecule has 3 aromatic rings. The molecule has 0 aliphatic carbocycles. The van der Waals surface area contributed by atoms with Crippen molar-refractivity contribution >= 4 is 28.9 Å². The molecule has 3 rings (SSSR count). The number of hydrogen-bond donors (Lipinski definition) is 0. The molecule has 5 nitrogen and oxygen atoms in total. The average molecular weight is 361 g/mol. The Morgan fingerprint density at radius 1 is 1.00 bits per heavy atom. The number of rotatable bonds is 6. The Kier molecular flexibility index (Phi) is 5.46. The summed E-state index contributed by atoms with van der Waals surface area (Å²) in [6.45, 7) is 0.799. The molecule has 0 aliphatic heterocycles. The lowest BCUT2D eigenvalue weighted by atomic mass is 10.1. The molecule has 0 fully saturated rings. The van der Waals surface area contributed by atoms with Gasteiger partial charge in [-0.15, -0.1) is 0 Å². The highest BCUT2D eigenvalue weighted by atomic mass is 35.5. The smallest absolute Gasteiger partial charge is 0.142 e. The molecule has 0 unspecified atom stereocenters. The van der Waals surface area contributed by atoms with Gasteiger partial charge in [0.15, 0.2) is 0 Å². The van der Waals surface area contributed by atoms with Crippen LogP contribution < -0.4 is 0 Å². The van der Waals surface area contributed by atoms with Crippen LogP contribution in [-0.2, 0) is 18.0 Å². The van der Waals surface area contributed by atoms with E-state index in [1.807, 2.05) is 48.5 Å². The molecule has 24 heavy (non-hydrogen) atoms. The standard InChI is InChI=1S/C17H14Cl2N4O/c18-15-5-1-13(2-6-15)10-24-22-17(9-23-12-20-11-21-23)14-3-7-16(19)8-4-14/h1-8,11-12H,9-10H2. The monoisotopic (exact) mass is 360 g/mol. The van der Waals surface area contributed by atoms with Crippen LogP contribution in [0.2, 0.25) is 10.0 Å². The zero-order chi connectivity index (χ0) is 16.8. The van der Waals surface area contributed by atoms with Gasteiger partial charge in [0.2, 0.25) is 0 Å². The third-order valence-corrected chi connectivity index (χ3v) is 3.78. The zero-order valence-electron chi connectivity index (χ0n) is 12.6. The van der Waals surface area contributed by atoms with Crippen LogP contribution in [0.1, 0.15) is 11.1 Å². The second kappa shape index (κ2) is 7.95. The second-order valence-corrected chi connectivity index (χ2v) is 5.91. The molecule has 0 radical (unpaired) electrons. The van der Waals surface area contributed by atoms with E-state index < -0.39 is 0 Å². The van der Waals surface area contributed by atoms with Gasteiger partial charge in [-0.3, -0.25) is 0 Å². The summed E-state index contributed by atoms with van der Waals surface area (Å²) in [6, 6.07) is 14.8. The SMILES string of the molecule is Clc1ccc(CON=C(Cn2cncn2)c2ccc(Cl)cc2)cc1. The van der Waals surface area contributed by atoms with Crippen molar-refractivity contribution in [3.05, 3.63) is 82.4 Å². The molecule has 7 heteroatoms. The molecule has 0 atom stereocenters. The fourth-order valence-electron chi connectivity index (χ4n) is 2.05. The maximum Gasteiger partial charge on any atom is 0.142 e. The number of benzene rings is 2. The number of halogens is 2. The van der Waals surface area contributed by atoms with E-state index in [9.17, 15) is 0 Å². The van der Waals surface area contributed by atoms with Gasteiger partial charge in [-0.25, -0.2) is 9.67 Å². The summed E-state index contributed by atoms with van der Waals surface area (Å²) in [7, 11) is 0. The lowest BCUT2D eigenvalue weighted by molar-refractivity contribution is 0.130. The van der Waals surface area contributed by atoms with E-state index in [0.717, 1.165) is 16.8 Å². The van der Waals surface area contributed by atoms with Gasteiger partial charge >= 0.3 is 0 Å². The van der Waals surface area contributed by atoms with Gasteiger partial charge in [-0.05, 0) is 29.8 Å². The van der Waals surface area contributed by atoms with Crippen molar-refractivity contribution in [3.63, 3.8) is 0 Å². The normalized spacial score (nSPS) is 11.5. The number of oxime groups is 1. The fourth-order valence-corrected chi connectivity index (χ4v) is 2.30. The van der Waals surface area contributed by atoms with Gasteiger partial charge in [0.1, 0.15) is 25.0 Å². The summed E-state index contributed by atoms with van der Waals surface area (Å²) in [5.41, 5.74) is 2.62. The number of aromatic nitrogens is 3. The Morgan fingerprint density at radius 2 is 1.67 bits per heavy atom.